The predicted molar refractivity (Wildman–Crippen MR) is 77.8 cm³/mol. The van der Waals surface area contributed by atoms with Crippen molar-refractivity contribution < 1.29 is 9.18 Å². The highest BCUT2D eigenvalue weighted by atomic mass is 19.1. The minimum absolute atomic E-state index is 0.0624. The molecule has 0 saturated carbocycles. The molecule has 0 radical (unpaired) electrons. The number of carbonyl (C=O) groups is 1. The van der Waals surface area contributed by atoms with Crippen molar-refractivity contribution in [3.05, 3.63) is 35.1 Å². The lowest BCUT2D eigenvalue weighted by molar-refractivity contribution is -0.136. The van der Waals surface area contributed by atoms with Gasteiger partial charge in [0, 0.05) is 38.6 Å². The van der Waals surface area contributed by atoms with Crippen molar-refractivity contribution in [3.63, 3.8) is 0 Å². The van der Waals surface area contributed by atoms with Crippen molar-refractivity contribution in [3.8, 4) is 0 Å². The number of rotatable bonds is 3. The van der Waals surface area contributed by atoms with Crippen molar-refractivity contribution in [2.45, 2.75) is 27.3 Å². The first-order valence-corrected chi connectivity index (χ1v) is 7.23. The van der Waals surface area contributed by atoms with Gasteiger partial charge in [-0.05, 0) is 30.2 Å². The van der Waals surface area contributed by atoms with Crippen molar-refractivity contribution in [1.82, 2.24) is 9.80 Å². The largest absolute Gasteiger partial charge is 0.340 e. The SMILES string of the molecule is Cc1cc(F)cc(CN2CCN(C(=O)C(C)C)CC2)c1. The van der Waals surface area contributed by atoms with Crippen LogP contribution in [0.2, 0.25) is 0 Å². The molecule has 2 rings (SSSR count). The monoisotopic (exact) mass is 278 g/mol. The van der Waals surface area contributed by atoms with Crippen LogP contribution < -0.4 is 0 Å². The minimum Gasteiger partial charge on any atom is -0.340 e. The van der Waals surface area contributed by atoms with Crippen molar-refractivity contribution in [2.24, 2.45) is 5.92 Å². The Morgan fingerprint density at radius 2 is 1.85 bits per heavy atom. The second kappa shape index (κ2) is 6.35. The summed E-state index contributed by atoms with van der Waals surface area (Å²) in [5.74, 6) is 0.118. The van der Waals surface area contributed by atoms with Crippen LogP contribution in [0.15, 0.2) is 18.2 Å². The summed E-state index contributed by atoms with van der Waals surface area (Å²) in [4.78, 5) is 16.1. The molecular formula is C16H23FN2O. The van der Waals surface area contributed by atoms with Crippen molar-refractivity contribution in [1.29, 1.82) is 0 Å². The molecule has 1 fully saturated rings. The first kappa shape index (κ1) is 15.0. The number of aryl methyl sites for hydroxylation is 1. The Morgan fingerprint density at radius 3 is 2.40 bits per heavy atom. The van der Waals surface area contributed by atoms with Crippen molar-refractivity contribution in [2.75, 3.05) is 26.2 Å². The van der Waals surface area contributed by atoms with Gasteiger partial charge in [0.2, 0.25) is 5.91 Å². The van der Waals surface area contributed by atoms with Crippen LogP contribution in [0.3, 0.4) is 0 Å². The Labute approximate surface area is 120 Å². The Balaban J connectivity index is 1.90. The number of benzene rings is 1. The van der Waals surface area contributed by atoms with E-state index in [9.17, 15) is 9.18 Å². The minimum atomic E-state index is -0.173. The standard InChI is InChI=1S/C16H23FN2O/c1-12(2)16(20)19-6-4-18(5-7-19)11-14-8-13(3)9-15(17)10-14/h8-10,12H,4-7,11H2,1-3H3. The zero-order chi connectivity index (χ0) is 14.7. The lowest BCUT2D eigenvalue weighted by Gasteiger charge is -2.35. The van der Waals surface area contributed by atoms with Crippen LogP contribution in [-0.4, -0.2) is 41.9 Å². The summed E-state index contributed by atoms with van der Waals surface area (Å²) in [6, 6.07) is 5.16. The topological polar surface area (TPSA) is 23.6 Å². The van der Waals surface area contributed by atoms with Gasteiger partial charge in [-0.3, -0.25) is 9.69 Å². The second-order valence-corrected chi connectivity index (χ2v) is 5.89. The number of amides is 1. The zero-order valence-electron chi connectivity index (χ0n) is 12.5. The average Bonchev–Trinajstić information content (AvgIpc) is 2.37. The maximum atomic E-state index is 13.4. The Kier molecular flexibility index (Phi) is 4.76. The first-order valence-electron chi connectivity index (χ1n) is 7.23. The van der Waals surface area contributed by atoms with Gasteiger partial charge >= 0.3 is 0 Å². The van der Waals surface area contributed by atoms with Crippen LogP contribution in [0.1, 0.15) is 25.0 Å². The number of carbonyl (C=O) groups excluding carboxylic acids is 1. The van der Waals surface area contributed by atoms with Crippen molar-refractivity contribution >= 4 is 5.91 Å². The number of hydrogen-bond donors (Lipinski definition) is 0. The van der Waals surface area contributed by atoms with E-state index in [1.54, 1.807) is 12.1 Å². The molecular weight excluding hydrogens is 255 g/mol. The third kappa shape index (κ3) is 3.79. The van der Waals surface area contributed by atoms with E-state index < -0.39 is 0 Å². The van der Waals surface area contributed by atoms with E-state index in [1.807, 2.05) is 31.7 Å². The summed E-state index contributed by atoms with van der Waals surface area (Å²) in [7, 11) is 0. The van der Waals surface area contributed by atoms with Gasteiger partial charge in [0.15, 0.2) is 0 Å². The Bertz CT molecular complexity index is 459. The molecule has 3 nitrogen and oxygen atoms in total. The normalized spacial score (nSPS) is 16.8. The highest BCUT2D eigenvalue weighted by Gasteiger charge is 2.22. The molecule has 0 atom stereocenters. The van der Waals surface area contributed by atoms with E-state index in [-0.39, 0.29) is 17.6 Å². The fourth-order valence-electron chi connectivity index (χ4n) is 2.65. The molecule has 110 valence electrons. The lowest BCUT2D eigenvalue weighted by atomic mass is 10.1. The molecule has 0 bridgehead atoms. The van der Waals surface area contributed by atoms with Gasteiger partial charge in [-0.25, -0.2) is 4.39 Å². The van der Waals surface area contributed by atoms with E-state index in [4.69, 9.17) is 0 Å². The van der Waals surface area contributed by atoms with E-state index in [2.05, 4.69) is 4.90 Å². The van der Waals surface area contributed by atoms with E-state index in [0.29, 0.717) is 0 Å². The molecule has 0 spiro atoms. The third-order valence-corrected chi connectivity index (χ3v) is 3.69. The average molecular weight is 278 g/mol. The number of hydrogen-bond acceptors (Lipinski definition) is 2. The molecule has 4 heteroatoms. The van der Waals surface area contributed by atoms with Gasteiger partial charge in [-0.15, -0.1) is 0 Å². The van der Waals surface area contributed by atoms with Gasteiger partial charge in [0.25, 0.3) is 0 Å². The van der Waals surface area contributed by atoms with Gasteiger partial charge in [0.1, 0.15) is 5.82 Å². The molecule has 0 unspecified atom stereocenters. The molecule has 1 aliphatic heterocycles. The molecule has 1 saturated heterocycles. The van der Waals surface area contributed by atoms with Crippen LogP contribution in [-0.2, 0) is 11.3 Å². The van der Waals surface area contributed by atoms with E-state index >= 15 is 0 Å². The fraction of sp³-hybridized carbons (Fsp3) is 0.562. The smallest absolute Gasteiger partial charge is 0.225 e. The highest BCUT2D eigenvalue weighted by molar-refractivity contribution is 5.78. The maximum Gasteiger partial charge on any atom is 0.225 e. The number of piperazine rings is 1. The second-order valence-electron chi connectivity index (χ2n) is 5.89. The van der Waals surface area contributed by atoms with E-state index in [1.165, 1.54) is 0 Å². The molecule has 1 aromatic carbocycles. The molecule has 1 heterocycles. The maximum absolute atomic E-state index is 13.4. The summed E-state index contributed by atoms with van der Waals surface area (Å²) in [6.07, 6.45) is 0. The summed E-state index contributed by atoms with van der Waals surface area (Å²) < 4.78 is 13.4. The zero-order valence-corrected chi connectivity index (χ0v) is 12.5. The molecule has 20 heavy (non-hydrogen) atoms. The molecule has 0 aliphatic carbocycles. The number of halogens is 1. The van der Waals surface area contributed by atoms with Crippen LogP contribution in [0.4, 0.5) is 4.39 Å². The molecule has 1 amide bonds. The van der Waals surface area contributed by atoms with Crippen LogP contribution >= 0.6 is 0 Å². The summed E-state index contributed by atoms with van der Waals surface area (Å²) in [5.41, 5.74) is 1.96. The fourth-order valence-corrected chi connectivity index (χ4v) is 2.65. The first-order chi connectivity index (χ1) is 9.45. The predicted octanol–water partition coefficient (Wildman–Crippen LogP) is 2.43. The van der Waals surface area contributed by atoms with Crippen LogP contribution in [0.25, 0.3) is 0 Å². The molecule has 1 aromatic rings. The third-order valence-electron chi connectivity index (χ3n) is 3.69. The van der Waals surface area contributed by atoms with Crippen LogP contribution in [0.5, 0.6) is 0 Å². The lowest BCUT2D eigenvalue weighted by Crippen LogP contribution is -2.49. The quantitative estimate of drug-likeness (QED) is 0.848. The number of nitrogens with zero attached hydrogens (tertiary/aromatic N) is 2. The molecule has 1 aliphatic rings. The van der Waals surface area contributed by atoms with Gasteiger partial charge in [-0.2, -0.15) is 0 Å². The summed E-state index contributed by atoms with van der Waals surface area (Å²) in [6.45, 7) is 9.78. The van der Waals surface area contributed by atoms with Gasteiger partial charge < -0.3 is 4.90 Å². The van der Waals surface area contributed by atoms with Gasteiger partial charge in [-0.1, -0.05) is 19.9 Å². The molecule has 0 N–H and O–H groups in total. The van der Waals surface area contributed by atoms with E-state index in [0.717, 1.165) is 43.9 Å². The Morgan fingerprint density at radius 1 is 1.20 bits per heavy atom. The molecule has 0 aromatic heterocycles. The highest BCUT2D eigenvalue weighted by Crippen LogP contribution is 2.13. The Hall–Kier alpha value is -1.42. The van der Waals surface area contributed by atoms with Gasteiger partial charge in [0.05, 0.1) is 0 Å². The summed E-state index contributed by atoms with van der Waals surface area (Å²) in [5, 5.41) is 0. The van der Waals surface area contributed by atoms with Crippen LogP contribution in [0, 0.1) is 18.7 Å². The summed E-state index contributed by atoms with van der Waals surface area (Å²) >= 11 is 0.